The summed E-state index contributed by atoms with van der Waals surface area (Å²) in [7, 11) is 0. The Bertz CT molecular complexity index is 294. The van der Waals surface area contributed by atoms with E-state index >= 15 is 0 Å². The van der Waals surface area contributed by atoms with Gasteiger partial charge in [0.2, 0.25) is 0 Å². The Hall–Kier alpha value is -0.610. The van der Waals surface area contributed by atoms with E-state index in [1.54, 1.807) is 0 Å². The van der Waals surface area contributed by atoms with Crippen LogP contribution in [0.25, 0.3) is 0 Å². The minimum atomic E-state index is -0.553. The Labute approximate surface area is 102 Å². The highest BCUT2D eigenvalue weighted by atomic mass is 16.4. The Kier molecular flexibility index (Phi) is 3.09. The van der Waals surface area contributed by atoms with Gasteiger partial charge >= 0.3 is 5.97 Å². The van der Waals surface area contributed by atoms with Crippen LogP contribution < -0.4 is 5.32 Å². The van der Waals surface area contributed by atoms with Gasteiger partial charge in [0.05, 0.1) is 5.92 Å². The lowest BCUT2D eigenvalue weighted by atomic mass is 9.68. The third-order valence-electron chi connectivity index (χ3n) is 5.02. The fourth-order valence-corrected chi connectivity index (χ4v) is 4.21. The summed E-state index contributed by atoms with van der Waals surface area (Å²) in [6, 6.07) is 0.321. The highest BCUT2D eigenvalue weighted by Gasteiger charge is 2.48. The van der Waals surface area contributed by atoms with Gasteiger partial charge in [-0.3, -0.25) is 9.69 Å². The standard InChI is InChI=1S/C13H22N2O2/c16-13(17)11-9-3-7-15(8-4-9)12(11)10-1-5-14-6-2-10/h9-12,14H,1-8H2,(H,16,17). The van der Waals surface area contributed by atoms with Crippen molar-refractivity contribution in [3.8, 4) is 0 Å². The molecule has 96 valence electrons. The number of hydrogen-bond acceptors (Lipinski definition) is 3. The van der Waals surface area contributed by atoms with E-state index in [0.717, 1.165) is 51.9 Å². The molecule has 17 heavy (non-hydrogen) atoms. The lowest BCUT2D eigenvalue weighted by molar-refractivity contribution is -0.156. The minimum absolute atomic E-state index is 0.0967. The highest BCUT2D eigenvalue weighted by molar-refractivity contribution is 5.71. The number of hydrogen-bond donors (Lipinski definition) is 2. The summed E-state index contributed by atoms with van der Waals surface area (Å²) in [5.74, 6) is 0.390. The van der Waals surface area contributed by atoms with Gasteiger partial charge in [0.15, 0.2) is 0 Å². The van der Waals surface area contributed by atoms with Crippen LogP contribution in [0, 0.1) is 17.8 Å². The van der Waals surface area contributed by atoms with Crippen LogP contribution in [0.5, 0.6) is 0 Å². The molecule has 4 aliphatic rings. The lowest BCUT2D eigenvalue weighted by Crippen LogP contribution is -2.60. The number of rotatable bonds is 2. The van der Waals surface area contributed by atoms with Gasteiger partial charge in [-0.1, -0.05) is 0 Å². The first-order valence-corrected chi connectivity index (χ1v) is 6.95. The largest absolute Gasteiger partial charge is 0.481 e. The number of aliphatic carboxylic acids is 1. The zero-order valence-corrected chi connectivity index (χ0v) is 10.3. The van der Waals surface area contributed by atoms with E-state index in [0.29, 0.717) is 17.9 Å². The van der Waals surface area contributed by atoms with Crippen LogP contribution in [-0.4, -0.2) is 48.2 Å². The summed E-state index contributed by atoms with van der Waals surface area (Å²) in [5.41, 5.74) is 0. The van der Waals surface area contributed by atoms with Crippen molar-refractivity contribution in [1.82, 2.24) is 10.2 Å². The fraction of sp³-hybridized carbons (Fsp3) is 0.923. The number of nitrogens with one attached hydrogen (secondary N) is 1. The summed E-state index contributed by atoms with van der Waals surface area (Å²) < 4.78 is 0. The van der Waals surface area contributed by atoms with E-state index in [9.17, 15) is 9.90 Å². The van der Waals surface area contributed by atoms with E-state index in [1.165, 1.54) is 0 Å². The molecule has 2 atom stereocenters. The Balaban J connectivity index is 1.81. The normalized spacial score (nSPS) is 42.6. The molecule has 4 nitrogen and oxygen atoms in total. The molecule has 4 rings (SSSR count). The first kappa shape index (κ1) is 11.5. The van der Waals surface area contributed by atoms with Gasteiger partial charge in [0.1, 0.15) is 0 Å². The molecule has 0 amide bonds. The molecule has 0 aromatic rings. The number of carboxylic acids is 1. The molecule has 0 saturated carbocycles. The Morgan fingerprint density at radius 2 is 1.71 bits per heavy atom. The van der Waals surface area contributed by atoms with Crippen molar-refractivity contribution in [2.45, 2.75) is 31.7 Å². The maximum Gasteiger partial charge on any atom is 0.308 e. The number of nitrogens with zero attached hydrogens (tertiary/aromatic N) is 1. The van der Waals surface area contributed by atoms with Crippen molar-refractivity contribution in [2.24, 2.45) is 17.8 Å². The van der Waals surface area contributed by atoms with Gasteiger partial charge in [-0.05, 0) is 63.7 Å². The summed E-state index contributed by atoms with van der Waals surface area (Å²) in [6.07, 6.45) is 4.49. The zero-order valence-electron chi connectivity index (χ0n) is 10.3. The van der Waals surface area contributed by atoms with Crippen molar-refractivity contribution in [3.63, 3.8) is 0 Å². The molecular weight excluding hydrogens is 216 g/mol. The summed E-state index contributed by atoms with van der Waals surface area (Å²) in [5, 5.41) is 12.9. The quantitative estimate of drug-likeness (QED) is 0.746. The van der Waals surface area contributed by atoms with Crippen LogP contribution in [0.2, 0.25) is 0 Å². The molecular formula is C13H22N2O2. The summed E-state index contributed by atoms with van der Waals surface area (Å²) in [6.45, 7) is 4.38. The van der Waals surface area contributed by atoms with Crippen molar-refractivity contribution >= 4 is 5.97 Å². The van der Waals surface area contributed by atoms with Crippen LogP contribution in [-0.2, 0) is 4.79 Å². The minimum Gasteiger partial charge on any atom is -0.481 e. The molecule has 2 unspecified atom stereocenters. The number of carbonyl (C=O) groups is 1. The summed E-state index contributed by atoms with van der Waals surface area (Å²) in [4.78, 5) is 14.0. The monoisotopic (exact) mass is 238 g/mol. The van der Waals surface area contributed by atoms with E-state index in [1.807, 2.05) is 0 Å². The lowest BCUT2D eigenvalue weighted by Gasteiger charge is -2.52. The third kappa shape index (κ3) is 1.97. The molecule has 2 N–H and O–H groups in total. The van der Waals surface area contributed by atoms with Gasteiger partial charge in [0, 0.05) is 6.04 Å². The maximum absolute atomic E-state index is 11.6. The van der Waals surface area contributed by atoms with E-state index in [-0.39, 0.29) is 5.92 Å². The topological polar surface area (TPSA) is 52.6 Å². The predicted molar refractivity (Wildman–Crippen MR) is 64.8 cm³/mol. The van der Waals surface area contributed by atoms with Crippen molar-refractivity contribution in [2.75, 3.05) is 26.2 Å². The molecule has 0 spiro atoms. The van der Waals surface area contributed by atoms with Crippen LogP contribution >= 0.6 is 0 Å². The van der Waals surface area contributed by atoms with E-state index in [2.05, 4.69) is 10.2 Å². The second kappa shape index (κ2) is 4.58. The fourth-order valence-electron chi connectivity index (χ4n) is 4.21. The van der Waals surface area contributed by atoms with Gasteiger partial charge in [-0.15, -0.1) is 0 Å². The smallest absolute Gasteiger partial charge is 0.308 e. The van der Waals surface area contributed by atoms with E-state index in [4.69, 9.17) is 0 Å². The SMILES string of the molecule is O=C(O)C1C2CCN(CC2)C1C1CCNCC1. The summed E-state index contributed by atoms with van der Waals surface area (Å²) >= 11 is 0. The first-order chi connectivity index (χ1) is 8.27. The molecule has 0 aromatic carbocycles. The first-order valence-electron chi connectivity index (χ1n) is 6.95. The number of carboxylic acid groups (broad SMARTS) is 1. The maximum atomic E-state index is 11.6. The van der Waals surface area contributed by atoms with Crippen LogP contribution in [0.3, 0.4) is 0 Å². The van der Waals surface area contributed by atoms with Gasteiger partial charge in [0.25, 0.3) is 0 Å². The van der Waals surface area contributed by atoms with Gasteiger partial charge < -0.3 is 10.4 Å². The Morgan fingerprint density at radius 1 is 1.06 bits per heavy atom. The Morgan fingerprint density at radius 3 is 2.29 bits per heavy atom. The molecule has 4 fully saturated rings. The average Bonchev–Trinajstić information content (AvgIpc) is 2.40. The van der Waals surface area contributed by atoms with Gasteiger partial charge in [-0.25, -0.2) is 0 Å². The molecule has 2 bridgehead atoms. The second-order valence-corrected chi connectivity index (χ2v) is 5.82. The molecule has 0 radical (unpaired) electrons. The van der Waals surface area contributed by atoms with Crippen molar-refractivity contribution < 1.29 is 9.90 Å². The van der Waals surface area contributed by atoms with Gasteiger partial charge in [-0.2, -0.15) is 0 Å². The number of piperidine rings is 4. The van der Waals surface area contributed by atoms with Crippen molar-refractivity contribution in [1.29, 1.82) is 0 Å². The molecule has 4 saturated heterocycles. The van der Waals surface area contributed by atoms with Crippen molar-refractivity contribution in [3.05, 3.63) is 0 Å². The third-order valence-corrected chi connectivity index (χ3v) is 5.02. The molecule has 0 aliphatic carbocycles. The molecule has 4 heteroatoms. The molecule has 4 heterocycles. The predicted octanol–water partition coefficient (Wildman–Crippen LogP) is 0.781. The molecule has 4 aliphatic heterocycles. The highest BCUT2D eigenvalue weighted by Crippen LogP contribution is 2.42. The van der Waals surface area contributed by atoms with Crippen LogP contribution in [0.1, 0.15) is 25.7 Å². The zero-order chi connectivity index (χ0) is 11.8. The average molecular weight is 238 g/mol. The second-order valence-electron chi connectivity index (χ2n) is 5.82. The molecule has 0 aromatic heterocycles. The van der Waals surface area contributed by atoms with Crippen LogP contribution in [0.15, 0.2) is 0 Å². The number of fused-ring (bicyclic) bond motifs is 3. The van der Waals surface area contributed by atoms with Crippen LogP contribution in [0.4, 0.5) is 0 Å². The van der Waals surface area contributed by atoms with E-state index < -0.39 is 5.97 Å².